The Kier molecular flexibility index (Phi) is 13.6. The molecule has 16 rings (SSSR count). The minimum Gasteiger partial charge on any atom is -0.309 e. The third-order valence-corrected chi connectivity index (χ3v) is 17.3. The molecule has 0 aliphatic carbocycles. The molecular formula is C81H49F5N6. The number of alkyl halides is 3. The third kappa shape index (κ3) is 9.93. The molecular weight excluding hydrogens is 1150 g/mol. The first-order valence-electron chi connectivity index (χ1n) is 30.0. The zero-order valence-corrected chi connectivity index (χ0v) is 48.9. The van der Waals surface area contributed by atoms with Crippen LogP contribution < -0.4 is 0 Å². The molecule has 0 unspecified atom stereocenters. The summed E-state index contributed by atoms with van der Waals surface area (Å²) >= 11 is 0. The Morgan fingerprint density at radius 3 is 0.837 bits per heavy atom. The minimum absolute atomic E-state index is 0.0865. The number of benzene rings is 10. The van der Waals surface area contributed by atoms with E-state index in [1.165, 1.54) is 12.1 Å². The lowest BCUT2D eigenvalue weighted by molar-refractivity contribution is -0.137. The normalized spacial score (nSPS) is 11.8. The van der Waals surface area contributed by atoms with Crippen molar-refractivity contribution in [1.82, 2.24) is 29.1 Å². The van der Waals surface area contributed by atoms with Gasteiger partial charge in [-0.2, -0.15) is 13.2 Å². The van der Waals surface area contributed by atoms with Crippen LogP contribution in [0.5, 0.6) is 0 Å². The summed E-state index contributed by atoms with van der Waals surface area (Å²) in [5.74, 6) is -1.90. The largest absolute Gasteiger partial charge is 0.418 e. The van der Waals surface area contributed by atoms with Crippen LogP contribution in [0.1, 0.15) is 5.56 Å². The van der Waals surface area contributed by atoms with Gasteiger partial charge in [0, 0.05) is 96.4 Å². The number of aromatic nitrogens is 6. The fourth-order valence-corrected chi connectivity index (χ4v) is 12.8. The van der Waals surface area contributed by atoms with Crippen molar-refractivity contribution in [3.63, 3.8) is 0 Å². The van der Waals surface area contributed by atoms with Gasteiger partial charge in [-0.25, -0.2) is 8.78 Å². The summed E-state index contributed by atoms with van der Waals surface area (Å²) < 4.78 is 87.8. The molecule has 6 nitrogen and oxygen atoms in total. The molecule has 0 spiro atoms. The van der Waals surface area contributed by atoms with Crippen LogP contribution in [-0.2, 0) is 6.18 Å². The van der Waals surface area contributed by atoms with Gasteiger partial charge >= 0.3 is 6.18 Å². The zero-order valence-electron chi connectivity index (χ0n) is 48.9. The second kappa shape index (κ2) is 22.6. The van der Waals surface area contributed by atoms with E-state index >= 15 is 22.0 Å². The molecule has 0 bridgehead atoms. The zero-order chi connectivity index (χ0) is 62.0. The number of pyridine rings is 4. The van der Waals surface area contributed by atoms with Crippen molar-refractivity contribution < 1.29 is 22.0 Å². The van der Waals surface area contributed by atoms with Crippen LogP contribution in [0.15, 0.2) is 298 Å². The number of hydrogen-bond acceptors (Lipinski definition) is 4. The number of fused-ring (bicyclic) bond motifs is 6. The quantitative estimate of drug-likeness (QED) is 0.121. The molecule has 0 fully saturated rings. The average molecular weight is 1200 g/mol. The highest BCUT2D eigenvalue weighted by atomic mass is 19.4. The van der Waals surface area contributed by atoms with Gasteiger partial charge < -0.3 is 9.13 Å². The van der Waals surface area contributed by atoms with Gasteiger partial charge in [0.1, 0.15) is 11.6 Å². The Morgan fingerprint density at radius 1 is 0.261 bits per heavy atom. The van der Waals surface area contributed by atoms with Gasteiger partial charge in [0.25, 0.3) is 0 Å². The average Bonchev–Trinajstić information content (AvgIpc) is 1.51. The van der Waals surface area contributed by atoms with Crippen LogP contribution in [0.3, 0.4) is 0 Å². The molecule has 92 heavy (non-hydrogen) atoms. The van der Waals surface area contributed by atoms with Crippen LogP contribution in [-0.4, -0.2) is 29.1 Å². The van der Waals surface area contributed by atoms with Gasteiger partial charge in [0.15, 0.2) is 0 Å². The maximum Gasteiger partial charge on any atom is 0.418 e. The molecule has 438 valence electrons. The van der Waals surface area contributed by atoms with Gasteiger partial charge in [0.05, 0.1) is 67.3 Å². The van der Waals surface area contributed by atoms with Gasteiger partial charge in [-0.1, -0.05) is 176 Å². The highest BCUT2D eigenvalue weighted by Gasteiger charge is 2.37. The maximum absolute atomic E-state index is 17.0. The molecule has 0 atom stereocenters. The van der Waals surface area contributed by atoms with Crippen LogP contribution >= 0.6 is 0 Å². The Bertz CT molecular complexity index is 5160. The Balaban J connectivity index is 0.921. The molecule has 6 aromatic heterocycles. The number of rotatable bonds is 11. The highest BCUT2D eigenvalue weighted by Crippen LogP contribution is 2.48. The second-order valence-electron chi connectivity index (χ2n) is 22.8. The van der Waals surface area contributed by atoms with E-state index in [1.54, 1.807) is 46.1 Å². The Labute approximate surface area is 525 Å². The predicted molar refractivity (Wildman–Crippen MR) is 360 cm³/mol. The van der Waals surface area contributed by atoms with Crippen molar-refractivity contribution in [3.8, 4) is 112 Å². The van der Waals surface area contributed by atoms with Crippen LogP contribution in [0.25, 0.3) is 156 Å². The fourth-order valence-electron chi connectivity index (χ4n) is 12.8. The molecule has 0 amide bonds. The maximum atomic E-state index is 17.0. The standard InChI is InChI=1S/C81H49F5N6/c82-68-22-13-23-69(83)80(68)66-44-79(92-76-38-30-56(60-26-34-72(89-48-60)52-18-9-3-10-19-52)42-64(76)65-43-57(31-39-77(65)92)61-27-35-73(90-49-61)53-20-11-4-12-21-53)67(81(84,85)86)45-78(66)91-74-36-28-54(58-24-32-70(87-46-58)50-14-5-1-6-15-50)40-62(74)63-41-55(29-37-75(63)91)59-25-33-71(88-47-59)51-16-7-2-8-17-51/h1-49H. The van der Waals surface area contributed by atoms with E-state index in [0.29, 0.717) is 43.6 Å². The molecule has 0 saturated heterocycles. The third-order valence-electron chi connectivity index (χ3n) is 17.3. The summed E-state index contributed by atoms with van der Waals surface area (Å²) in [6.07, 6.45) is 2.17. The monoisotopic (exact) mass is 1200 g/mol. The van der Waals surface area contributed by atoms with Crippen molar-refractivity contribution in [3.05, 3.63) is 315 Å². The Morgan fingerprint density at radius 2 is 0.554 bits per heavy atom. The number of halogens is 5. The summed E-state index contributed by atoms with van der Waals surface area (Å²) in [6.45, 7) is 0. The van der Waals surface area contributed by atoms with Gasteiger partial charge in [-0.15, -0.1) is 0 Å². The first kappa shape index (κ1) is 55.4. The predicted octanol–water partition coefficient (Wildman–Crippen LogP) is 21.8. The summed E-state index contributed by atoms with van der Waals surface area (Å²) in [6, 6.07) is 83.8. The molecule has 16 aromatic rings. The van der Waals surface area contributed by atoms with Crippen molar-refractivity contribution in [2.24, 2.45) is 0 Å². The summed E-state index contributed by atoms with van der Waals surface area (Å²) in [5.41, 5.74) is 13.2. The SMILES string of the molecule is Fc1cccc(F)c1-c1cc(-n2c3ccc(-c4ccc(-c5ccccc5)nc4)cc3c3cc(-c4ccc(-c5ccccc5)nc4)ccc32)c(C(F)(F)F)cc1-n1c2ccc(-c3ccc(-c4ccccc4)nc3)cc2c2cc(-c3ccc(-c4ccccc4)nc3)ccc21. The van der Waals surface area contributed by atoms with E-state index in [9.17, 15) is 0 Å². The number of hydrogen-bond donors (Lipinski definition) is 0. The second-order valence-corrected chi connectivity index (χ2v) is 22.8. The lowest BCUT2D eigenvalue weighted by Gasteiger charge is -2.22. The van der Waals surface area contributed by atoms with E-state index in [-0.39, 0.29) is 16.9 Å². The number of nitrogens with zero attached hydrogens (tertiary/aromatic N) is 6. The summed E-state index contributed by atoms with van der Waals surface area (Å²) in [4.78, 5) is 19.3. The highest BCUT2D eigenvalue weighted by molar-refractivity contribution is 6.14. The van der Waals surface area contributed by atoms with Crippen molar-refractivity contribution >= 4 is 43.6 Å². The molecule has 6 heterocycles. The first-order valence-corrected chi connectivity index (χ1v) is 30.0. The van der Waals surface area contributed by atoms with E-state index in [2.05, 4.69) is 0 Å². The van der Waals surface area contributed by atoms with Crippen molar-refractivity contribution in [2.45, 2.75) is 6.18 Å². The molecule has 11 heteroatoms. The van der Waals surface area contributed by atoms with Gasteiger partial charge in [-0.3, -0.25) is 19.9 Å². The Hall–Kier alpha value is -12.0. The molecule has 0 aliphatic heterocycles. The summed E-state index contributed by atoms with van der Waals surface area (Å²) in [5, 5.41) is 2.64. The fraction of sp³-hybridized carbons (Fsp3) is 0.0123. The van der Waals surface area contributed by atoms with E-state index in [1.807, 2.05) is 231 Å². The van der Waals surface area contributed by atoms with E-state index in [0.717, 1.165) is 108 Å². The lowest BCUT2D eigenvalue weighted by Crippen LogP contribution is -2.13. The molecule has 0 aliphatic rings. The lowest BCUT2D eigenvalue weighted by atomic mass is 9.97. The smallest absolute Gasteiger partial charge is 0.309 e. The van der Waals surface area contributed by atoms with Crippen LogP contribution in [0.2, 0.25) is 0 Å². The van der Waals surface area contributed by atoms with Crippen LogP contribution in [0.4, 0.5) is 22.0 Å². The van der Waals surface area contributed by atoms with Crippen molar-refractivity contribution in [1.29, 1.82) is 0 Å². The molecule has 0 saturated carbocycles. The topological polar surface area (TPSA) is 61.4 Å². The van der Waals surface area contributed by atoms with E-state index < -0.39 is 28.9 Å². The first-order chi connectivity index (χ1) is 45.1. The minimum atomic E-state index is -5.02. The molecule has 0 N–H and O–H groups in total. The van der Waals surface area contributed by atoms with Gasteiger partial charge in [-0.05, 0) is 119 Å². The van der Waals surface area contributed by atoms with Crippen molar-refractivity contribution in [2.75, 3.05) is 0 Å². The van der Waals surface area contributed by atoms with Crippen LogP contribution in [0, 0.1) is 11.6 Å². The molecule has 0 radical (unpaired) electrons. The van der Waals surface area contributed by atoms with E-state index in [4.69, 9.17) is 19.9 Å². The van der Waals surface area contributed by atoms with Gasteiger partial charge in [0.2, 0.25) is 0 Å². The summed E-state index contributed by atoms with van der Waals surface area (Å²) in [7, 11) is 0. The molecule has 10 aromatic carbocycles.